The van der Waals surface area contributed by atoms with E-state index in [-0.39, 0.29) is 0 Å². The molecule has 0 saturated carbocycles. The average Bonchev–Trinajstić information content (AvgIpc) is 4.07. The van der Waals surface area contributed by atoms with E-state index in [4.69, 9.17) is 11.1 Å². The monoisotopic (exact) mass is 909 g/mol. The summed E-state index contributed by atoms with van der Waals surface area (Å²) in [6, 6.07) is 88.0. The summed E-state index contributed by atoms with van der Waals surface area (Å²) in [6.45, 7) is 2.14. The number of para-hydroxylation sites is 4. The second-order valence-corrected chi connectivity index (χ2v) is 18.4. The van der Waals surface area contributed by atoms with E-state index in [9.17, 15) is 0 Å². The summed E-state index contributed by atoms with van der Waals surface area (Å²) in [5.41, 5.74) is 23.4. The molecule has 0 fully saturated rings. The lowest BCUT2D eigenvalue weighted by atomic mass is 9.95. The van der Waals surface area contributed by atoms with Gasteiger partial charge in [0.15, 0.2) is 0 Å². The lowest BCUT2D eigenvalue weighted by Gasteiger charge is -2.12. The van der Waals surface area contributed by atoms with Gasteiger partial charge in [-0.15, -0.1) is 0 Å². The van der Waals surface area contributed by atoms with Gasteiger partial charge in [-0.25, -0.2) is 0 Å². The van der Waals surface area contributed by atoms with E-state index in [2.05, 4.69) is 197 Å². The molecule has 5 heteroatoms. The van der Waals surface area contributed by atoms with Gasteiger partial charge in [-0.05, 0) is 102 Å². The number of fused-ring (bicyclic) bond motifs is 10. The van der Waals surface area contributed by atoms with Gasteiger partial charge in [0.1, 0.15) is 0 Å². The van der Waals surface area contributed by atoms with E-state index in [1.54, 1.807) is 0 Å². The standard InChI is InChI=1S/C43H29N3.C23H18N2/c1-28-18-20-29(21-19-28)44-42-24-22-30(45-38-14-6-2-10-32(38)33-11-3-7-15-39(33)45)26-36(42)37-27-31(23-25-43(37)44)46-40-16-8-4-12-34(40)35-13-5-9-17-41(35)46;24-22(21-14-13-17-9-4-5-12-20(17)23(21)25)19-11-6-10-18(15-19)16-7-2-1-3-8-16/h2-27H,1H3;1-15,24H,25H2. The zero-order valence-electron chi connectivity index (χ0n) is 39.1. The van der Waals surface area contributed by atoms with Crippen molar-refractivity contribution in [3.8, 4) is 28.2 Å². The minimum Gasteiger partial charge on any atom is -0.398 e. The molecule has 0 amide bonds. The number of nitrogens with one attached hydrogen (secondary N) is 1. The van der Waals surface area contributed by atoms with E-state index in [1.165, 1.54) is 76.7 Å². The normalized spacial score (nSPS) is 11.6. The van der Waals surface area contributed by atoms with Gasteiger partial charge in [0.2, 0.25) is 0 Å². The number of aromatic nitrogens is 3. The number of hydrogen-bond acceptors (Lipinski definition) is 2. The van der Waals surface area contributed by atoms with Gasteiger partial charge in [-0.3, -0.25) is 5.41 Å². The molecule has 14 rings (SSSR count). The SMILES string of the molecule is Cc1ccc(-n2c3ccc(-n4c5ccccc5c5ccccc54)cc3c3cc(-n4c5ccccc5c5ccccc54)ccc32)cc1.N=C(c1cccc(-c2ccccc2)c1)c1ccc2ccccc2c1N. The molecule has 0 unspecified atom stereocenters. The first kappa shape index (κ1) is 41.7. The molecule has 0 aliphatic rings. The van der Waals surface area contributed by atoms with Crippen LogP contribution in [-0.4, -0.2) is 19.4 Å². The summed E-state index contributed by atoms with van der Waals surface area (Å²) in [5.74, 6) is 0. The maximum absolute atomic E-state index is 8.67. The maximum atomic E-state index is 8.67. The number of hydrogen-bond donors (Lipinski definition) is 2. The fraction of sp³-hybridized carbons (Fsp3) is 0.0152. The number of nitrogens with two attached hydrogens (primary N) is 1. The van der Waals surface area contributed by atoms with Crippen LogP contribution in [0.1, 0.15) is 16.7 Å². The predicted octanol–water partition coefficient (Wildman–Crippen LogP) is 16.8. The third-order valence-electron chi connectivity index (χ3n) is 14.2. The quantitative estimate of drug-likeness (QED) is 0.127. The Labute approximate surface area is 411 Å². The van der Waals surface area contributed by atoms with Crippen molar-refractivity contribution in [2.45, 2.75) is 6.92 Å². The number of aryl methyl sites for hydroxylation is 1. The van der Waals surface area contributed by atoms with Gasteiger partial charge < -0.3 is 19.4 Å². The minimum atomic E-state index is 0.445. The molecule has 0 saturated heterocycles. The average molecular weight is 910 g/mol. The highest BCUT2D eigenvalue weighted by Gasteiger charge is 2.19. The Balaban J connectivity index is 0.000000167. The molecular weight excluding hydrogens is 863 g/mol. The first-order valence-electron chi connectivity index (χ1n) is 24.1. The molecule has 0 radical (unpaired) electrons. The van der Waals surface area contributed by atoms with Gasteiger partial charge >= 0.3 is 0 Å². The first-order valence-corrected chi connectivity index (χ1v) is 24.1. The zero-order valence-corrected chi connectivity index (χ0v) is 39.1. The molecule has 336 valence electrons. The largest absolute Gasteiger partial charge is 0.398 e. The van der Waals surface area contributed by atoms with Crippen molar-refractivity contribution in [3.63, 3.8) is 0 Å². The van der Waals surface area contributed by atoms with Crippen LogP contribution in [-0.2, 0) is 0 Å². The van der Waals surface area contributed by atoms with Gasteiger partial charge in [-0.1, -0.05) is 175 Å². The molecule has 5 nitrogen and oxygen atoms in total. The fourth-order valence-corrected chi connectivity index (χ4v) is 10.8. The van der Waals surface area contributed by atoms with Gasteiger partial charge in [-0.2, -0.15) is 0 Å². The maximum Gasteiger partial charge on any atom is 0.0705 e. The summed E-state index contributed by atoms with van der Waals surface area (Å²) in [7, 11) is 0. The Morgan fingerprint density at radius 3 is 1.30 bits per heavy atom. The first-order chi connectivity index (χ1) is 35.0. The third-order valence-corrected chi connectivity index (χ3v) is 14.2. The van der Waals surface area contributed by atoms with E-state index < -0.39 is 0 Å². The molecule has 0 aliphatic heterocycles. The molecule has 71 heavy (non-hydrogen) atoms. The van der Waals surface area contributed by atoms with Crippen molar-refractivity contribution >= 4 is 87.6 Å². The van der Waals surface area contributed by atoms with Crippen LogP contribution in [0.15, 0.2) is 249 Å². The summed E-state index contributed by atoms with van der Waals surface area (Å²) >= 11 is 0. The summed E-state index contributed by atoms with van der Waals surface area (Å²) < 4.78 is 7.24. The minimum absolute atomic E-state index is 0.445. The Morgan fingerprint density at radius 1 is 0.338 bits per heavy atom. The smallest absolute Gasteiger partial charge is 0.0705 e. The van der Waals surface area contributed by atoms with E-state index in [0.717, 1.165) is 44.4 Å². The van der Waals surface area contributed by atoms with Crippen molar-refractivity contribution in [1.29, 1.82) is 5.41 Å². The Hall–Kier alpha value is -9.45. The molecule has 3 aromatic heterocycles. The molecule has 14 aromatic rings. The van der Waals surface area contributed by atoms with Crippen molar-refractivity contribution < 1.29 is 0 Å². The molecule has 0 bridgehead atoms. The highest BCUT2D eigenvalue weighted by Crippen LogP contribution is 2.40. The van der Waals surface area contributed by atoms with Crippen molar-refractivity contribution in [1.82, 2.24) is 13.7 Å². The van der Waals surface area contributed by atoms with Crippen LogP contribution in [0, 0.1) is 12.3 Å². The third kappa shape index (κ3) is 6.97. The predicted molar refractivity (Wildman–Crippen MR) is 300 cm³/mol. The van der Waals surface area contributed by atoms with Gasteiger partial charge in [0, 0.05) is 71.6 Å². The molecule has 0 atom stereocenters. The molecule has 3 heterocycles. The number of rotatable bonds is 6. The van der Waals surface area contributed by atoms with Crippen LogP contribution in [0.3, 0.4) is 0 Å². The fourth-order valence-electron chi connectivity index (χ4n) is 10.8. The Morgan fingerprint density at radius 2 is 0.761 bits per heavy atom. The van der Waals surface area contributed by atoms with Gasteiger partial charge in [0.25, 0.3) is 0 Å². The summed E-state index contributed by atoms with van der Waals surface area (Å²) in [6.07, 6.45) is 0. The Bertz CT molecular complexity index is 4100. The lowest BCUT2D eigenvalue weighted by Crippen LogP contribution is -2.06. The van der Waals surface area contributed by atoms with Crippen LogP contribution >= 0.6 is 0 Å². The summed E-state index contributed by atoms with van der Waals surface area (Å²) in [4.78, 5) is 0. The molecule has 3 N–H and O–H groups in total. The van der Waals surface area contributed by atoms with Crippen molar-refractivity contribution in [2.24, 2.45) is 0 Å². The molecule has 11 aromatic carbocycles. The van der Waals surface area contributed by atoms with E-state index in [0.29, 0.717) is 11.4 Å². The van der Waals surface area contributed by atoms with Crippen LogP contribution in [0.25, 0.3) is 104 Å². The molecular formula is C66H47N5. The topological polar surface area (TPSA) is 64.7 Å². The van der Waals surface area contributed by atoms with Crippen molar-refractivity contribution in [2.75, 3.05) is 5.73 Å². The summed E-state index contributed by atoms with van der Waals surface area (Å²) in [5, 5.41) is 18.3. The molecule has 0 aliphatic carbocycles. The van der Waals surface area contributed by atoms with Crippen LogP contribution in [0.2, 0.25) is 0 Å². The van der Waals surface area contributed by atoms with Crippen LogP contribution < -0.4 is 5.73 Å². The van der Waals surface area contributed by atoms with Crippen molar-refractivity contribution in [3.05, 3.63) is 265 Å². The lowest BCUT2D eigenvalue weighted by molar-refractivity contribution is 1.16. The number of benzene rings is 11. The van der Waals surface area contributed by atoms with E-state index >= 15 is 0 Å². The Kier molecular flexibility index (Phi) is 9.96. The number of nitrogens with zero attached hydrogens (tertiary/aromatic N) is 3. The molecule has 0 spiro atoms. The second-order valence-electron chi connectivity index (χ2n) is 18.4. The zero-order chi connectivity index (χ0) is 47.6. The number of anilines is 1. The van der Waals surface area contributed by atoms with Crippen LogP contribution in [0.4, 0.5) is 5.69 Å². The highest BCUT2D eigenvalue weighted by atomic mass is 15.0. The van der Waals surface area contributed by atoms with Crippen LogP contribution in [0.5, 0.6) is 0 Å². The highest BCUT2D eigenvalue weighted by molar-refractivity contribution is 6.18. The number of nitrogen functional groups attached to an aromatic ring is 1. The van der Waals surface area contributed by atoms with Gasteiger partial charge in [0.05, 0.1) is 38.8 Å². The second kappa shape index (κ2) is 17.0. The van der Waals surface area contributed by atoms with E-state index in [1.807, 2.05) is 72.8 Å².